The molecule has 6 aromatic heterocycles. The Balaban J connectivity index is 0.000000797. The number of Topliss-reactive ketones (excluding diaryl/α,β-unsaturated/α-hetero) is 1. The predicted molar refractivity (Wildman–Crippen MR) is 554 cm³/mol. The summed E-state index contributed by atoms with van der Waals surface area (Å²) in [6, 6.07) is 2.45. The van der Waals surface area contributed by atoms with Crippen molar-refractivity contribution < 1.29 is 90.3 Å². The Morgan fingerprint density at radius 1 is 0.534 bits per heavy atom. The number of amides is 11. The van der Waals surface area contributed by atoms with Crippen molar-refractivity contribution in [2.45, 2.75) is 257 Å². The van der Waals surface area contributed by atoms with Gasteiger partial charge in [-0.1, -0.05) is 15.5 Å². The molecule has 816 valence electrons. The molecule has 16 N–H and O–H groups in total. The van der Waals surface area contributed by atoms with E-state index in [-0.39, 0.29) is 129 Å². The number of aromatic nitrogens is 15. The monoisotopic (exact) mass is 2140 g/mol. The lowest BCUT2D eigenvalue weighted by Crippen LogP contribution is -2.47. The number of aromatic hydroxyl groups is 2. The lowest BCUT2D eigenvalue weighted by molar-refractivity contribution is -0.126. The molecule has 0 bridgehead atoms. The number of carbonyl (C=O) groups excluding carboxylic acids is 10. The van der Waals surface area contributed by atoms with Gasteiger partial charge < -0.3 is 93.5 Å². The Bertz CT molecular complexity index is 5620. The number of aliphatic hydroxyl groups is 2. The minimum Gasteiger partial charge on any atom is -0.504 e. The van der Waals surface area contributed by atoms with E-state index in [1.54, 1.807) is 78.7 Å². The van der Waals surface area contributed by atoms with Gasteiger partial charge in [-0.05, 0) is 222 Å². The summed E-state index contributed by atoms with van der Waals surface area (Å²) < 4.78 is 33.7. The van der Waals surface area contributed by atoms with E-state index < -0.39 is 74.6 Å². The number of allylic oxidation sites excluding steroid dienone is 2. The van der Waals surface area contributed by atoms with Gasteiger partial charge in [0.05, 0.1) is 12.2 Å². The van der Waals surface area contributed by atoms with Crippen LogP contribution in [-0.2, 0) is 50.9 Å². The average molecular weight is 2140 g/mol. The lowest BCUT2D eigenvalue weighted by Gasteiger charge is -2.26. The number of ketones is 2. The second-order valence-electron chi connectivity index (χ2n) is 35.4. The molecule has 0 spiro atoms. The summed E-state index contributed by atoms with van der Waals surface area (Å²) in [6.07, 6.45) is 5.41. The van der Waals surface area contributed by atoms with Gasteiger partial charge in [0.15, 0.2) is 41.3 Å². The van der Waals surface area contributed by atoms with Gasteiger partial charge in [0.2, 0.25) is 45.3 Å². The Labute approximate surface area is 863 Å². The summed E-state index contributed by atoms with van der Waals surface area (Å²) in [5, 5.41) is 87.6. The zero-order valence-electron chi connectivity index (χ0n) is 89.2. The molecule has 0 saturated carbocycles. The van der Waals surface area contributed by atoms with E-state index in [0.717, 1.165) is 30.0 Å². The number of urea groups is 3. The van der Waals surface area contributed by atoms with Gasteiger partial charge in [-0.25, -0.2) is 24.1 Å². The molecule has 1 aromatic carbocycles. The van der Waals surface area contributed by atoms with Gasteiger partial charge >= 0.3 is 40.2 Å². The van der Waals surface area contributed by atoms with E-state index in [1.807, 2.05) is 190 Å². The standard InChI is InChI=1S/C10H13NO3.C9H13NO3.C8H12N2O3.C8H11NO3.C7H14N6O.C7H13N3O2.C7H12N2O2S.C6H12N6O.C6H12N4S.C6H11N3OS.C6H11N3O.C5H11N3O2S/c1-6(2)11(3)8-4-7(12)5-9(13)10(8)14;1-6(2)10(3)7-4-13-5-8(11)9(7)12;1-4(2)10(3)5-6(11)8(13)9-7(5)12;1-4(2)9(3)5-6(10)8(12)7(5)11;1-5(2)13(3)7(14)8-4-6-9-11-12-10-6;1-4(2)10(3)5-6(11)9-7(12)8-5;1-4(2)9(3)6-5(10)8-7(11)12-6;1-4(2)12(3)6(13)7-5-8-10-11-9-5;1-4(2)10(3)5-7-6(11)9-8-5;1-4(2)9(3)5-7-6(11)10-8-5;1-5(2)9(3)6-7-4-8-10-6;1-4(2)8(3)5-6-10-11(9)7-5/h4-6,13H,1-3H3;4-6,11H,1-3H3;4H,1-3H3,(H2,9,11,12,13);4,10H,1-3H3;5H,4H2,1-3H3,(H,8,14)(H,9,10,11,12);4-5H,1-3H3,(H2,8,9,11,12);4,6H,1-3H3,(H,8,10,11);4H,1-3H3,(H2,7,8,9,10,11,13);4H,1-3H3,(H2,7,8,9,11);4H,1-3H3,(H,7,8,11);4-5H,1-3H3;4H,1-3H3,(H,6,7). The SMILES string of the molecule is CC(C)N(C)C(=O)NCc1nn[nH]n1.CC(C)N(C)C(=O)Nc1nn[nH]n1.CC(C)N(C)C1=C(O)C(=O)NC1=O.CC(C)N(C)C1=CC(=O)C=C(O)C1=O.CC(C)N(C)C1=NS(=O)ON1.CC(C)N(C)C1NC(=O)NC1=O.CC(C)N(C)C1SC(=O)NC1=O.CC(C)N(C)c1c(O)c(=O)c1=O.CC(C)N(C)c1cocc(O)c1=O.CC(C)N(C)c1nc(=S)[nH][nH]1.CC(C)N(C)c1nc(=S)o[nH]1.CC(C)N(C)c1ncno1. The first kappa shape index (κ1) is 130. The fraction of sp³-hybridized carbons (Fsp3) is 0.600. The third kappa shape index (κ3) is 42.6. The zero-order chi connectivity index (χ0) is 112. The number of nitrogens with zero attached hydrogens (tertiary/aromatic N) is 23. The maximum Gasteiger partial charge on any atom is 0.324 e. The second-order valence-corrected chi connectivity index (χ2v) is 37.9. The maximum atomic E-state index is 11.4. The Kier molecular flexibility index (Phi) is 55.6. The predicted octanol–water partition coefficient (Wildman–Crippen LogP) is 5.13. The molecule has 5 aliphatic rings. The minimum atomic E-state index is -1.55. The number of likely N-dealkylation sites (N-methyl/N-ethyl adjacent to an activating group) is 4. The molecular formula is C85H145N35O22S4. The fourth-order valence-corrected chi connectivity index (χ4v) is 11.4. The number of aliphatic hydroxyl groups excluding tert-OH is 2. The van der Waals surface area contributed by atoms with Crippen LogP contribution >= 0.6 is 36.2 Å². The molecule has 4 aliphatic heterocycles. The number of anilines is 6. The van der Waals surface area contributed by atoms with Gasteiger partial charge in [-0.2, -0.15) is 34.8 Å². The summed E-state index contributed by atoms with van der Waals surface area (Å²) in [6.45, 7) is 47.4. The molecule has 57 nitrogen and oxygen atoms in total. The highest BCUT2D eigenvalue weighted by molar-refractivity contribution is 8.15. The molecule has 11 amide bonds. The summed E-state index contributed by atoms with van der Waals surface area (Å²) in [5.74, 6) is -1.75. The molecule has 146 heavy (non-hydrogen) atoms. The van der Waals surface area contributed by atoms with Gasteiger partial charge in [-0.3, -0.25) is 89.2 Å². The number of nitrogens with one attached hydrogen (secondary N) is 12. The molecule has 10 heterocycles. The van der Waals surface area contributed by atoms with E-state index in [1.165, 1.54) is 23.6 Å². The molecule has 0 radical (unpaired) electrons. The number of hydroxylamine groups is 1. The van der Waals surface area contributed by atoms with Crippen LogP contribution in [0.3, 0.4) is 0 Å². The Hall–Kier alpha value is -14.2. The van der Waals surface area contributed by atoms with Crippen LogP contribution in [0.4, 0.5) is 54.4 Å². The van der Waals surface area contributed by atoms with E-state index >= 15 is 0 Å². The summed E-state index contributed by atoms with van der Waals surface area (Å²) in [5.41, 5.74) is 1.48. The summed E-state index contributed by atoms with van der Waals surface area (Å²) in [7, 11) is 21.5. The number of aromatic amines is 5. The molecule has 61 heteroatoms. The third-order valence-corrected chi connectivity index (χ3v) is 23.6. The van der Waals surface area contributed by atoms with Crippen LogP contribution < -0.4 is 78.2 Å². The van der Waals surface area contributed by atoms with Gasteiger partial charge in [-0.15, -0.1) is 19.7 Å². The number of hydrogen-bond acceptors (Lipinski definition) is 46. The zero-order valence-corrected chi connectivity index (χ0v) is 92.5. The van der Waals surface area contributed by atoms with Crippen LogP contribution in [-0.4, -0.2) is 369 Å². The number of rotatable bonds is 24. The maximum absolute atomic E-state index is 11.4. The van der Waals surface area contributed by atoms with Crippen molar-refractivity contribution in [3.05, 3.63) is 100 Å². The molecule has 2 saturated heterocycles. The molecule has 7 aromatic rings. The minimum absolute atomic E-state index is 0.0417. The summed E-state index contributed by atoms with van der Waals surface area (Å²) in [4.78, 5) is 177. The van der Waals surface area contributed by atoms with Crippen molar-refractivity contribution in [3.8, 4) is 11.5 Å². The lowest BCUT2D eigenvalue weighted by atomic mass is 10.1. The number of thioether (sulfide) groups is 1. The molecule has 12 rings (SSSR count). The Morgan fingerprint density at radius 3 is 1.47 bits per heavy atom. The van der Waals surface area contributed by atoms with E-state index in [0.29, 0.717) is 58.4 Å². The smallest absolute Gasteiger partial charge is 0.324 e. The Morgan fingerprint density at radius 2 is 1.06 bits per heavy atom. The van der Waals surface area contributed by atoms with Crippen molar-refractivity contribution in [1.82, 2.24) is 143 Å². The van der Waals surface area contributed by atoms with Crippen molar-refractivity contribution in [2.75, 3.05) is 114 Å². The number of carbonyl (C=O) groups is 10. The quantitative estimate of drug-likeness (QED) is 0.0123. The van der Waals surface area contributed by atoms with Crippen LogP contribution in [0.5, 0.6) is 11.5 Å². The van der Waals surface area contributed by atoms with Gasteiger partial charge in [0.25, 0.3) is 45.7 Å². The van der Waals surface area contributed by atoms with Crippen molar-refractivity contribution in [3.63, 3.8) is 0 Å². The number of H-pyrrole nitrogens is 5. The van der Waals surface area contributed by atoms with Crippen molar-refractivity contribution in [1.29, 1.82) is 0 Å². The second kappa shape index (κ2) is 62.5. The van der Waals surface area contributed by atoms with Crippen molar-refractivity contribution >= 4 is 147 Å². The van der Waals surface area contributed by atoms with Gasteiger partial charge in [0.1, 0.15) is 29.3 Å². The van der Waals surface area contributed by atoms with Gasteiger partial charge in [0, 0.05) is 155 Å². The number of guanidine groups is 1. The first-order valence-electron chi connectivity index (χ1n) is 45.3. The van der Waals surface area contributed by atoms with E-state index in [2.05, 4.69) is 159 Å². The number of hydrogen-bond donors (Lipinski definition) is 16. The van der Waals surface area contributed by atoms with Crippen LogP contribution in [0.25, 0.3) is 0 Å². The van der Waals surface area contributed by atoms with Crippen LogP contribution in [0.1, 0.15) is 172 Å². The first-order valence-corrected chi connectivity index (χ1v) is 48.0. The highest BCUT2D eigenvalue weighted by atomic mass is 32.2. The topological polar surface area (TPSA) is 712 Å². The normalized spacial score (nSPS) is 14.8. The molecule has 2 fully saturated rings. The fourth-order valence-electron chi connectivity index (χ4n) is 9.69. The molecule has 1 aliphatic carbocycles. The highest BCUT2D eigenvalue weighted by Gasteiger charge is 2.38. The molecule has 3 atom stereocenters. The first-order chi connectivity index (χ1) is 67.7. The van der Waals surface area contributed by atoms with E-state index in [9.17, 15) is 76.8 Å². The average Bonchev–Trinajstić information content (AvgIpc) is 0.796. The van der Waals surface area contributed by atoms with E-state index in [4.69, 9.17) is 48.1 Å². The molecular weight excluding hydrogens is 1990 g/mol. The van der Waals surface area contributed by atoms with Crippen LogP contribution in [0.2, 0.25) is 0 Å². The largest absolute Gasteiger partial charge is 0.504 e. The van der Waals surface area contributed by atoms with Crippen molar-refractivity contribution in [2.24, 2.45) is 4.40 Å². The van der Waals surface area contributed by atoms with Crippen LogP contribution in [0, 0.1) is 9.61 Å². The highest BCUT2D eigenvalue weighted by Crippen LogP contribution is 2.25. The molecule has 3 unspecified atom stereocenters. The third-order valence-electron chi connectivity index (χ3n) is 21.6. The number of imide groups is 3. The number of tetrazole rings is 2. The summed E-state index contributed by atoms with van der Waals surface area (Å²) >= 11 is 9.00. The van der Waals surface area contributed by atoms with Crippen LogP contribution in [0.15, 0.2) is 86.2 Å².